The molecule has 0 radical (unpaired) electrons. The first-order chi connectivity index (χ1) is 15.1. The van der Waals surface area contributed by atoms with Gasteiger partial charge in [-0.1, -0.05) is 0 Å². The van der Waals surface area contributed by atoms with Crippen LogP contribution in [0.1, 0.15) is 12.1 Å². The van der Waals surface area contributed by atoms with Gasteiger partial charge in [0, 0.05) is 0 Å². The maximum absolute atomic E-state index is 12.0. The molecule has 2 aromatic rings. The van der Waals surface area contributed by atoms with Crippen molar-refractivity contribution in [1.29, 1.82) is 0 Å². The van der Waals surface area contributed by atoms with Gasteiger partial charge < -0.3 is 39.1 Å². The summed E-state index contributed by atoms with van der Waals surface area (Å²) in [5, 5.41) is 10.6. The molecule has 2 bridgehead atoms. The molecule has 0 saturated carbocycles. The van der Waals surface area contributed by atoms with Gasteiger partial charge in [-0.05, 0) is 6.92 Å². The van der Waals surface area contributed by atoms with Crippen LogP contribution in [-0.4, -0.2) is 75.2 Å². The third-order valence-corrected chi connectivity index (χ3v) is 8.50. The molecule has 2 aromatic heterocycles. The summed E-state index contributed by atoms with van der Waals surface area (Å²) in [6.07, 6.45) is -2.33. The number of H-pyrrole nitrogens is 1. The summed E-state index contributed by atoms with van der Waals surface area (Å²) in [4.78, 5) is 58.7. The first-order valence-electron chi connectivity index (χ1n) is 8.81. The SMILES string of the molecule is Cc1nc2c(ncn2[C@@H]2O[C@@]3(COP(=O)(O)OP(=O)(O)OP(=O)(O)O)COC2[C@H]3O)c(=O)[nH]1. The van der Waals surface area contributed by atoms with E-state index in [1.165, 1.54) is 17.8 Å². The normalized spacial score (nSPS) is 31.0. The number of aromatic nitrogens is 4. The van der Waals surface area contributed by atoms with Crippen LogP contribution >= 0.6 is 23.5 Å². The van der Waals surface area contributed by atoms with Crippen molar-refractivity contribution in [3.05, 3.63) is 22.5 Å². The molecule has 21 heteroatoms. The van der Waals surface area contributed by atoms with E-state index in [-0.39, 0.29) is 23.6 Å². The Labute approximate surface area is 182 Å². The van der Waals surface area contributed by atoms with Crippen LogP contribution in [0.15, 0.2) is 11.1 Å². The lowest BCUT2D eigenvalue weighted by Gasteiger charge is -2.31. The van der Waals surface area contributed by atoms with Crippen LogP contribution in [0.3, 0.4) is 0 Å². The number of aliphatic hydroxyl groups excluding tert-OH is 1. The first kappa shape index (κ1) is 24.8. The van der Waals surface area contributed by atoms with Crippen LogP contribution in [0.2, 0.25) is 0 Å². The van der Waals surface area contributed by atoms with Crippen LogP contribution in [-0.2, 0) is 36.3 Å². The molecule has 4 heterocycles. The average molecular weight is 534 g/mol. The first-order valence-corrected chi connectivity index (χ1v) is 13.3. The maximum Gasteiger partial charge on any atom is 0.490 e. The van der Waals surface area contributed by atoms with Gasteiger partial charge in [0.05, 0.1) is 19.5 Å². The van der Waals surface area contributed by atoms with Gasteiger partial charge >= 0.3 is 23.5 Å². The van der Waals surface area contributed by atoms with Crippen molar-refractivity contribution >= 4 is 34.6 Å². The standard InChI is InChI=1S/C12H17N4O14P3/c1-5-14-9-6(10(18)15-5)13-4-16(9)11-7-8(17)12(28-11,2-26-7)3-27-32(22,23)30-33(24,25)29-31(19,20)21/h4,7-8,11,17H,2-3H2,1H3,(H,22,23)(H,24,25)(H,14,15,18)(H2,19,20,21)/t7?,8-,11-,12-/m1/s1. The summed E-state index contributed by atoms with van der Waals surface area (Å²) in [5.74, 6) is 0.279. The highest BCUT2D eigenvalue weighted by molar-refractivity contribution is 7.66. The third-order valence-electron chi connectivity index (χ3n) is 4.72. The van der Waals surface area contributed by atoms with E-state index in [0.29, 0.717) is 0 Å². The lowest BCUT2D eigenvalue weighted by Crippen LogP contribution is -2.44. The van der Waals surface area contributed by atoms with Crippen molar-refractivity contribution in [3.63, 3.8) is 0 Å². The molecule has 2 aliphatic rings. The number of phosphoric ester groups is 1. The van der Waals surface area contributed by atoms with Gasteiger partial charge in [0.2, 0.25) is 0 Å². The van der Waals surface area contributed by atoms with E-state index in [9.17, 15) is 33.4 Å². The summed E-state index contributed by atoms with van der Waals surface area (Å²) < 4.78 is 58.7. The minimum absolute atomic E-state index is 0.0104. The molecule has 4 rings (SSSR count). The summed E-state index contributed by atoms with van der Waals surface area (Å²) in [6.45, 7) is 0.296. The fourth-order valence-corrected chi connectivity index (χ4v) is 6.53. The van der Waals surface area contributed by atoms with Gasteiger partial charge in [-0.3, -0.25) is 13.9 Å². The van der Waals surface area contributed by atoms with E-state index in [4.69, 9.17) is 19.3 Å². The van der Waals surface area contributed by atoms with Crippen molar-refractivity contribution in [2.75, 3.05) is 13.2 Å². The van der Waals surface area contributed by atoms with Crippen LogP contribution in [0.5, 0.6) is 0 Å². The van der Waals surface area contributed by atoms with Gasteiger partial charge in [-0.15, -0.1) is 0 Å². The number of aliphatic hydroxyl groups is 1. The lowest BCUT2D eigenvalue weighted by atomic mass is 10.0. The van der Waals surface area contributed by atoms with Crippen LogP contribution < -0.4 is 5.56 Å². The molecule has 0 amide bonds. The Morgan fingerprint density at radius 1 is 1.24 bits per heavy atom. The third kappa shape index (κ3) is 4.90. The number of imidazole rings is 1. The van der Waals surface area contributed by atoms with E-state index >= 15 is 0 Å². The van der Waals surface area contributed by atoms with E-state index in [1.54, 1.807) is 0 Å². The van der Waals surface area contributed by atoms with E-state index in [1.807, 2.05) is 0 Å². The van der Waals surface area contributed by atoms with Gasteiger partial charge in [0.15, 0.2) is 17.4 Å². The second-order valence-electron chi connectivity index (χ2n) is 7.13. The zero-order chi connectivity index (χ0) is 24.4. The Morgan fingerprint density at radius 2 is 1.94 bits per heavy atom. The topological polar surface area (TPSA) is 262 Å². The minimum atomic E-state index is -5.71. The monoisotopic (exact) mass is 534 g/mol. The van der Waals surface area contributed by atoms with Crippen molar-refractivity contribution in [3.8, 4) is 0 Å². The number of phosphoric acid groups is 3. The molecule has 6 atom stereocenters. The van der Waals surface area contributed by atoms with Gasteiger partial charge in [0.1, 0.15) is 23.6 Å². The van der Waals surface area contributed by atoms with E-state index in [2.05, 4.69) is 28.1 Å². The smallest absolute Gasteiger partial charge is 0.387 e. The number of aryl methyl sites for hydroxylation is 1. The molecule has 0 aliphatic carbocycles. The minimum Gasteiger partial charge on any atom is -0.387 e. The van der Waals surface area contributed by atoms with Crippen molar-refractivity contribution in [2.24, 2.45) is 0 Å². The zero-order valence-corrected chi connectivity index (χ0v) is 19.0. The number of nitrogens with one attached hydrogen (secondary N) is 1. The molecule has 2 aliphatic heterocycles. The van der Waals surface area contributed by atoms with Crippen molar-refractivity contribution < 1.29 is 61.0 Å². The molecule has 18 nitrogen and oxygen atoms in total. The molecular formula is C12H17N4O14P3. The Bertz CT molecular complexity index is 1290. The van der Waals surface area contributed by atoms with Crippen LogP contribution in [0.4, 0.5) is 0 Å². The summed E-state index contributed by atoms with van der Waals surface area (Å²) in [6, 6.07) is 0. The average Bonchev–Trinajstić information content (AvgIpc) is 3.27. The fraction of sp³-hybridized carbons (Fsp3) is 0.583. The Morgan fingerprint density at radius 3 is 2.61 bits per heavy atom. The lowest BCUT2D eigenvalue weighted by molar-refractivity contribution is -0.183. The summed E-state index contributed by atoms with van der Waals surface area (Å²) in [7, 11) is -16.7. The molecule has 3 unspecified atom stereocenters. The predicted molar refractivity (Wildman–Crippen MR) is 101 cm³/mol. The number of aromatic amines is 1. The molecule has 33 heavy (non-hydrogen) atoms. The van der Waals surface area contributed by atoms with Gasteiger partial charge in [-0.25, -0.2) is 23.7 Å². The van der Waals surface area contributed by atoms with Gasteiger partial charge in [0.25, 0.3) is 5.56 Å². The van der Waals surface area contributed by atoms with Gasteiger partial charge in [-0.2, -0.15) is 8.62 Å². The number of ether oxygens (including phenoxy) is 2. The summed E-state index contributed by atoms with van der Waals surface area (Å²) in [5.41, 5.74) is -2.16. The molecule has 0 aromatic carbocycles. The van der Waals surface area contributed by atoms with Crippen molar-refractivity contribution in [1.82, 2.24) is 19.5 Å². The van der Waals surface area contributed by atoms with Crippen molar-refractivity contribution in [2.45, 2.75) is 31.0 Å². The number of fused-ring (bicyclic) bond motifs is 3. The highest BCUT2D eigenvalue weighted by Crippen LogP contribution is 2.66. The quantitative estimate of drug-likeness (QED) is 0.217. The maximum atomic E-state index is 12.0. The zero-order valence-electron chi connectivity index (χ0n) is 16.3. The molecule has 6 N–H and O–H groups in total. The highest BCUT2D eigenvalue weighted by atomic mass is 31.3. The predicted octanol–water partition coefficient (Wildman–Crippen LogP) is -1.20. The van der Waals surface area contributed by atoms with Crippen LogP contribution in [0.25, 0.3) is 11.2 Å². The molecule has 2 saturated heterocycles. The molecule has 184 valence electrons. The second-order valence-corrected chi connectivity index (χ2v) is 11.6. The largest absolute Gasteiger partial charge is 0.490 e. The Balaban J connectivity index is 1.52. The number of hydrogen-bond donors (Lipinski definition) is 6. The molecule has 0 spiro atoms. The Kier molecular flexibility index (Phi) is 6.08. The van der Waals surface area contributed by atoms with E-state index < -0.39 is 59.7 Å². The second kappa shape index (κ2) is 8.10. The molecular weight excluding hydrogens is 517 g/mol. The van der Waals surface area contributed by atoms with Crippen LogP contribution in [0, 0.1) is 6.92 Å². The number of rotatable bonds is 8. The Hall–Kier alpha value is -1.36. The summed E-state index contributed by atoms with van der Waals surface area (Å²) >= 11 is 0. The highest BCUT2D eigenvalue weighted by Gasteiger charge is 2.63. The number of hydrogen-bond acceptors (Lipinski definition) is 12. The van der Waals surface area contributed by atoms with E-state index in [0.717, 1.165) is 0 Å². The molecule has 2 fully saturated rings. The number of nitrogens with zero attached hydrogens (tertiary/aromatic N) is 3. The fourth-order valence-electron chi connectivity index (χ4n) is 3.46.